The van der Waals surface area contributed by atoms with E-state index in [-0.39, 0.29) is 34.6 Å². The summed E-state index contributed by atoms with van der Waals surface area (Å²) in [5.41, 5.74) is 1.37. The fourth-order valence-electron chi connectivity index (χ4n) is 2.92. The number of ether oxygens (including phenoxy) is 1. The number of hydrogen-bond donors (Lipinski definition) is 1. The number of anilines is 1. The van der Waals surface area contributed by atoms with Gasteiger partial charge in [0.15, 0.2) is 12.4 Å². The summed E-state index contributed by atoms with van der Waals surface area (Å²) in [5, 5.41) is 2.56. The van der Waals surface area contributed by atoms with Crippen LogP contribution in [0.25, 0.3) is 0 Å². The molecule has 7 nitrogen and oxygen atoms in total. The lowest BCUT2D eigenvalue weighted by Crippen LogP contribution is -2.25. The minimum absolute atomic E-state index is 0.0218. The molecule has 128 valence electrons. The molecule has 0 saturated carbocycles. The summed E-state index contributed by atoms with van der Waals surface area (Å²) in [5.74, 6) is 0.167. The Balaban J connectivity index is 1.69. The zero-order valence-electron chi connectivity index (χ0n) is 12.9. The van der Waals surface area contributed by atoms with Crippen LogP contribution in [-0.2, 0) is 21.3 Å². The van der Waals surface area contributed by atoms with Gasteiger partial charge in [0.05, 0.1) is 5.69 Å². The predicted octanol–water partition coefficient (Wildman–Crippen LogP) is 1.91. The molecule has 0 spiro atoms. The zero-order chi connectivity index (χ0) is 17.6. The Kier molecular flexibility index (Phi) is 3.50. The normalized spacial score (nSPS) is 15.8. The third-order valence-electron chi connectivity index (χ3n) is 4.11. The fraction of sp³-hybridized carbons (Fsp3) is 0.176. The molecule has 2 aromatic carbocycles. The second-order valence-electron chi connectivity index (χ2n) is 5.74. The smallest absolute Gasteiger partial charge is 0.339 e. The van der Waals surface area contributed by atoms with Crippen molar-refractivity contribution < 1.29 is 26.9 Å². The van der Waals surface area contributed by atoms with Crippen LogP contribution in [0.2, 0.25) is 0 Å². The van der Waals surface area contributed by atoms with Gasteiger partial charge in [-0.1, -0.05) is 12.1 Å². The van der Waals surface area contributed by atoms with Crippen LogP contribution in [0.4, 0.5) is 5.69 Å². The van der Waals surface area contributed by atoms with Crippen molar-refractivity contribution in [3.8, 4) is 11.5 Å². The van der Waals surface area contributed by atoms with Crippen LogP contribution in [0.3, 0.4) is 0 Å². The second-order valence-corrected chi connectivity index (χ2v) is 7.28. The first kappa shape index (κ1) is 15.6. The molecule has 4 rings (SSSR count). The number of amides is 1. The van der Waals surface area contributed by atoms with Crippen LogP contribution in [0.15, 0.2) is 41.3 Å². The van der Waals surface area contributed by atoms with Crippen molar-refractivity contribution >= 4 is 27.5 Å². The summed E-state index contributed by atoms with van der Waals surface area (Å²) >= 11 is 0. The Labute approximate surface area is 143 Å². The van der Waals surface area contributed by atoms with E-state index in [1.165, 1.54) is 24.3 Å². The van der Waals surface area contributed by atoms with E-state index in [1.54, 1.807) is 12.1 Å². The van der Waals surface area contributed by atoms with Crippen LogP contribution in [0, 0.1) is 0 Å². The molecule has 8 heteroatoms. The molecule has 0 atom stereocenters. The van der Waals surface area contributed by atoms with Gasteiger partial charge < -0.3 is 14.2 Å². The van der Waals surface area contributed by atoms with E-state index in [4.69, 9.17) is 8.92 Å². The predicted molar refractivity (Wildman–Crippen MR) is 87.5 cm³/mol. The maximum absolute atomic E-state index is 12.6. The van der Waals surface area contributed by atoms with Crippen molar-refractivity contribution in [2.75, 3.05) is 11.9 Å². The van der Waals surface area contributed by atoms with Gasteiger partial charge in [-0.2, -0.15) is 8.42 Å². The molecular weight excluding hydrogens is 346 g/mol. The molecule has 1 N–H and O–H groups in total. The van der Waals surface area contributed by atoms with Crippen molar-refractivity contribution in [3.63, 3.8) is 0 Å². The Morgan fingerprint density at radius 1 is 1.08 bits per heavy atom. The molecular formula is C17H13NO6S. The number of rotatable bonds is 3. The lowest BCUT2D eigenvalue weighted by atomic mass is 10.1. The SMILES string of the molecule is O=C1COc2ccc(S(=O)(=O)Oc3cccc4c3CCC4=O)cc2N1. The highest BCUT2D eigenvalue weighted by Crippen LogP contribution is 2.34. The zero-order valence-corrected chi connectivity index (χ0v) is 13.8. The Morgan fingerprint density at radius 2 is 1.92 bits per heavy atom. The monoisotopic (exact) mass is 359 g/mol. The van der Waals surface area contributed by atoms with Gasteiger partial charge in [-0.15, -0.1) is 0 Å². The molecule has 0 fully saturated rings. The van der Waals surface area contributed by atoms with Crippen molar-refractivity contribution in [1.82, 2.24) is 0 Å². The molecule has 1 aliphatic carbocycles. The molecule has 25 heavy (non-hydrogen) atoms. The third kappa shape index (κ3) is 2.74. The average molecular weight is 359 g/mol. The highest BCUT2D eigenvalue weighted by molar-refractivity contribution is 7.87. The van der Waals surface area contributed by atoms with Gasteiger partial charge in [0.1, 0.15) is 16.4 Å². The van der Waals surface area contributed by atoms with E-state index in [2.05, 4.69) is 5.32 Å². The van der Waals surface area contributed by atoms with E-state index < -0.39 is 10.1 Å². The van der Waals surface area contributed by atoms with E-state index in [0.717, 1.165) is 0 Å². The van der Waals surface area contributed by atoms with Crippen molar-refractivity contribution in [3.05, 3.63) is 47.5 Å². The first-order valence-electron chi connectivity index (χ1n) is 7.60. The van der Waals surface area contributed by atoms with E-state index >= 15 is 0 Å². The number of benzene rings is 2. The number of carbonyl (C=O) groups excluding carboxylic acids is 2. The first-order valence-corrected chi connectivity index (χ1v) is 9.01. The summed E-state index contributed by atoms with van der Waals surface area (Å²) in [7, 11) is -4.12. The fourth-order valence-corrected chi connectivity index (χ4v) is 3.91. The molecule has 0 saturated heterocycles. The average Bonchev–Trinajstić information content (AvgIpc) is 2.96. The number of fused-ring (bicyclic) bond motifs is 2. The van der Waals surface area contributed by atoms with Gasteiger partial charge in [-0.05, 0) is 30.7 Å². The van der Waals surface area contributed by atoms with Gasteiger partial charge in [-0.3, -0.25) is 9.59 Å². The maximum Gasteiger partial charge on any atom is 0.339 e. The third-order valence-corrected chi connectivity index (χ3v) is 5.34. The van der Waals surface area contributed by atoms with Crippen molar-refractivity contribution in [2.24, 2.45) is 0 Å². The number of nitrogens with one attached hydrogen (secondary N) is 1. The lowest BCUT2D eigenvalue weighted by Gasteiger charge is -2.18. The molecule has 0 radical (unpaired) electrons. The summed E-state index contributed by atoms with van der Waals surface area (Å²) in [6.07, 6.45) is 0.798. The van der Waals surface area contributed by atoms with Gasteiger partial charge in [0.2, 0.25) is 0 Å². The summed E-state index contributed by atoms with van der Waals surface area (Å²) in [6, 6.07) is 8.88. The second kappa shape index (κ2) is 5.59. The molecule has 0 bridgehead atoms. The largest absolute Gasteiger partial charge is 0.482 e. The van der Waals surface area contributed by atoms with Crippen LogP contribution in [0.1, 0.15) is 22.3 Å². The molecule has 1 aliphatic heterocycles. The van der Waals surface area contributed by atoms with Crippen molar-refractivity contribution in [2.45, 2.75) is 17.7 Å². The molecule has 2 aliphatic rings. The summed E-state index contributed by atoms with van der Waals surface area (Å²) < 4.78 is 35.7. The number of ketones is 1. The summed E-state index contributed by atoms with van der Waals surface area (Å²) in [6.45, 7) is -0.111. The lowest BCUT2D eigenvalue weighted by molar-refractivity contribution is -0.118. The molecule has 2 aromatic rings. The Hall–Kier alpha value is -2.87. The number of hydrogen-bond acceptors (Lipinski definition) is 6. The van der Waals surface area contributed by atoms with Crippen LogP contribution in [-0.4, -0.2) is 26.7 Å². The van der Waals surface area contributed by atoms with Gasteiger partial charge in [-0.25, -0.2) is 0 Å². The first-order chi connectivity index (χ1) is 11.9. The summed E-state index contributed by atoms with van der Waals surface area (Å²) in [4.78, 5) is 23.1. The van der Waals surface area contributed by atoms with Gasteiger partial charge in [0.25, 0.3) is 5.91 Å². The quantitative estimate of drug-likeness (QED) is 0.841. The highest BCUT2D eigenvalue weighted by Gasteiger charge is 2.27. The van der Waals surface area contributed by atoms with E-state index in [1.807, 2.05) is 0 Å². The number of Topliss-reactive ketones (excluding diaryl/α,β-unsaturated/α-hetero) is 1. The Morgan fingerprint density at radius 3 is 2.76 bits per heavy atom. The standard InChI is InChI=1S/C17H13NO6S/c19-14-6-5-12-11(14)2-1-3-15(12)24-25(21,22)10-4-7-16-13(8-10)18-17(20)9-23-16/h1-4,7-8H,5-6,9H2,(H,18,20). The minimum Gasteiger partial charge on any atom is -0.482 e. The Bertz CT molecular complexity index is 1010. The van der Waals surface area contributed by atoms with Crippen LogP contribution < -0.4 is 14.2 Å². The number of carbonyl (C=O) groups is 2. The topological polar surface area (TPSA) is 98.8 Å². The van der Waals surface area contributed by atoms with E-state index in [0.29, 0.717) is 29.7 Å². The molecule has 1 heterocycles. The van der Waals surface area contributed by atoms with E-state index in [9.17, 15) is 18.0 Å². The minimum atomic E-state index is -4.12. The maximum atomic E-state index is 12.6. The molecule has 0 aromatic heterocycles. The molecule has 0 unspecified atom stereocenters. The van der Waals surface area contributed by atoms with Crippen LogP contribution >= 0.6 is 0 Å². The van der Waals surface area contributed by atoms with Gasteiger partial charge in [0, 0.05) is 17.5 Å². The van der Waals surface area contributed by atoms with Crippen molar-refractivity contribution in [1.29, 1.82) is 0 Å². The van der Waals surface area contributed by atoms with Crippen LogP contribution in [0.5, 0.6) is 11.5 Å². The molecule has 1 amide bonds. The van der Waals surface area contributed by atoms with Gasteiger partial charge >= 0.3 is 10.1 Å². The highest BCUT2D eigenvalue weighted by atomic mass is 32.2.